The van der Waals surface area contributed by atoms with Crippen LogP contribution in [-0.4, -0.2) is 51.6 Å². The van der Waals surface area contributed by atoms with Gasteiger partial charge < -0.3 is 25.1 Å². The van der Waals surface area contributed by atoms with Crippen molar-refractivity contribution in [1.29, 1.82) is 0 Å². The van der Waals surface area contributed by atoms with Crippen molar-refractivity contribution in [2.45, 2.75) is 33.1 Å². The quantitative estimate of drug-likeness (QED) is 0.295. The van der Waals surface area contributed by atoms with Gasteiger partial charge in [0.2, 0.25) is 12.2 Å². The smallest absolute Gasteiger partial charge is 0.251 e. The SMILES string of the molecule is CC(C)Nc1nccc(-c2[nH]c(C3OCC(C)(CNC(=O)c4ccccc4)CO3)nc2-c2ccc(F)cc2)n1. The van der Waals surface area contributed by atoms with E-state index in [0.717, 1.165) is 5.56 Å². The molecule has 202 valence electrons. The Morgan fingerprint density at radius 3 is 2.49 bits per heavy atom. The molecule has 3 N–H and O–H groups in total. The van der Waals surface area contributed by atoms with Gasteiger partial charge in [-0.1, -0.05) is 25.1 Å². The van der Waals surface area contributed by atoms with Gasteiger partial charge >= 0.3 is 0 Å². The topological polar surface area (TPSA) is 114 Å². The number of rotatable bonds is 8. The summed E-state index contributed by atoms with van der Waals surface area (Å²) in [6.07, 6.45) is 0.927. The summed E-state index contributed by atoms with van der Waals surface area (Å²) in [4.78, 5) is 29.5. The second-order valence-corrected chi connectivity index (χ2v) is 10.2. The molecule has 2 aromatic heterocycles. The fraction of sp³-hybridized carbons (Fsp3) is 0.310. The first-order valence-corrected chi connectivity index (χ1v) is 12.8. The number of nitrogens with zero attached hydrogens (tertiary/aromatic N) is 3. The molecule has 1 fully saturated rings. The van der Waals surface area contributed by atoms with Crippen molar-refractivity contribution in [2.24, 2.45) is 5.41 Å². The average molecular weight is 531 g/mol. The van der Waals surface area contributed by atoms with E-state index in [1.54, 1.807) is 36.5 Å². The standard InChI is InChI=1S/C29H31FN6O3/c1-18(2)33-28-31-14-13-22(34-28)24-23(19-9-11-21(30)12-10-19)35-25(36-24)27-38-16-29(3,17-39-27)15-32-26(37)20-7-5-4-6-8-20/h4-14,18,27H,15-17H2,1-3H3,(H,32,37)(H,35,36)(H,31,33,34). The highest BCUT2D eigenvalue weighted by Gasteiger charge is 2.35. The van der Waals surface area contributed by atoms with Crippen LogP contribution in [0.5, 0.6) is 0 Å². The van der Waals surface area contributed by atoms with E-state index in [1.165, 1.54) is 12.1 Å². The van der Waals surface area contributed by atoms with E-state index in [1.807, 2.05) is 39.0 Å². The number of hydrogen-bond donors (Lipinski definition) is 3. The van der Waals surface area contributed by atoms with Crippen molar-refractivity contribution in [2.75, 3.05) is 25.1 Å². The fourth-order valence-electron chi connectivity index (χ4n) is 4.22. The molecule has 4 aromatic rings. The molecule has 1 aliphatic rings. The van der Waals surface area contributed by atoms with Gasteiger partial charge in [0, 0.05) is 35.3 Å². The molecule has 1 amide bonds. The molecule has 0 atom stereocenters. The normalized spacial score (nSPS) is 19.2. The number of aromatic nitrogens is 4. The van der Waals surface area contributed by atoms with Gasteiger partial charge in [0.05, 0.1) is 30.3 Å². The van der Waals surface area contributed by atoms with Gasteiger partial charge in [-0.2, -0.15) is 0 Å². The maximum absolute atomic E-state index is 13.7. The number of nitrogens with one attached hydrogen (secondary N) is 3. The van der Waals surface area contributed by atoms with Crippen LogP contribution in [0.4, 0.5) is 10.3 Å². The Hall–Kier alpha value is -4.15. The number of anilines is 1. The highest BCUT2D eigenvalue weighted by atomic mass is 19.1. The summed E-state index contributed by atoms with van der Waals surface area (Å²) in [7, 11) is 0. The van der Waals surface area contributed by atoms with E-state index in [2.05, 4.69) is 25.6 Å². The zero-order chi connectivity index (χ0) is 27.4. The first-order chi connectivity index (χ1) is 18.8. The van der Waals surface area contributed by atoms with E-state index in [9.17, 15) is 9.18 Å². The van der Waals surface area contributed by atoms with Gasteiger partial charge in [-0.3, -0.25) is 4.79 Å². The Labute approximate surface area is 226 Å². The molecule has 0 radical (unpaired) electrons. The summed E-state index contributed by atoms with van der Waals surface area (Å²) in [6, 6.07) is 17.1. The molecule has 1 aliphatic heterocycles. The van der Waals surface area contributed by atoms with Crippen LogP contribution >= 0.6 is 0 Å². The number of benzene rings is 2. The minimum absolute atomic E-state index is 0.144. The van der Waals surface area contributed by atoms with Crippen molar-refractivity contribution in [3.05, 3.63) is 84.1 Å². The van der Waals surface area contributed by atoms with Crippen molar-refractivity contribution < 1.29 is 18.7 Å². The Kier molecular flexibility index (Phi) is 7.67. The van der Waals surface area contributed by atoms with Crippen LogP contribution in [0.15, 0.2) is 66.9 Å². The number of H-pyrrole nitrogens is 1. The van der Waals surface area contributed by atoms with E-state index in [4.69, 9.17) is 14.5 Å². The van der Waals surface area contributed by atoms with Gasteiger partial charge in [0.25, 0.3) is 5.91 Å². The van der Waals surface area contributed by atoms with Crippen molar-refractivity contribution in [1.82, 2.24) is 25.3 Å². The van der Waals surface area contributed by atoms with E-state index >= 15 is 0 Å². The van der Waals surface area contributed by atoms with Crippen LogP contribution in [0.1, 0.15) is 43.2 Å². The number of carbonyl (C=O) groups is 1. The Bertz CT molecular complexity index is 1420. The van der Waals surface area contributed by atoms with E-state index in [-0.39, 0.29) is 17.8 Å². The Morgan fingerprint density at radius 2 is 1.79 bits per heavy atom. The highest BCUT2D eigenvalue weighted by Crippen LogP contribution is 2.35. The zero-order valence-corrected chi connectivity index (χ0v) is 22.1. The number of aromatic amines is 1. The van der Waals surface area contributed by atoms with Gasteiger partial charge in [0.15, 0.2) is 5.82 Å². The summed E-state index contributed by atoms with van der Waals surface area (Å²) in [6.45, 7) is 7.11. The maximum atomic E-state index is 13.7. The number of imidazole rings is 1. The first kappa shape index (κ1) is 26.5. The first-order valence-electron chi connectivity index (χ1n) is 12.8. The molecule has 5 rings (SSSR count). The van der Waals surface area contributed by atoms with E-state index in [0.29, 0.717) is 54.2 Å². The summed E-state index contributed by atoms with van der Waals surface area (Å²) < 4.78 is 25.8. The summed E-state index contributed by atoms with van der Waals surface area (Å²) in [5.74, 6) is 0.479. The minimum atomic E-state index is -0.744. The van der Waals surface area contributed by atoms with Crippen LogP contribution in [0, 0.1) is 11.2 Å². The second kappa shape index (κ2) is 11.3. The van der Waals surface area contributed by atoms with Crippen LogP contribution in [0.25, 0.3) is 22.6 Å². The van der Waals surface area contributed by atoms with Crippen molar-refractivity contribution in [3.8, 4) is 22.6 Å². The molecule has 1 saturated heterocycles. The van der Waals surface area contributed by atoms with Gasteiger partial charge in [-0.15, -0.1) is 0 Å². The molecule has 3 heterocycles. The number of carbonyl (C=O) groups excluding carboxylic acids is 1. The summed E-state index contributed by atoms with van der Waals surface area (Å²) >= 11 is 0. The minimum Gasteiger partial charge on any atom is -0.352 e. The zero-order valence-electron chi connectivity index (χ0n) is 22.1. The second-order valence-electron chi connectivity index (χ2n) is 10.2. The monoisotopic (exact) mass is 530 g/mol. The summed E-state index contributed by atoms with van der Waals surface area (Å²) in [5, 5.41) is 6.18. The number of halogens is 1. The Balaban J connectivity index is 1.35. The average Bonchev–Trinajstić information content (AvgIpc) is 3.38. The molecule has 0 unspecified atom stereocenters. The molecule has 0 aliphatic carbocycles. The van der Waals surface area contributed by atoms with Gasteiger partial charge in [-0.25, -0.2) is 19.3 Å². The predicted molar refractivity (Wildman–Crippen MR) is 145 cm³/mol. The molecule has 2 aromatic carbocycles. The third-order valence-corrected chi connectivity index (χ3v) is 6.27. The van der Waals surface area contributed by atoms with Crippen molar-refractivity contribution >= 4 is 11.9 Å². The fourth-order valence-corrected chi connectivity index (χ4v) is 4.22. The van der Waals surface area contributed by atoms with Crippen LogP contribution in [-0.2, 0) is 9.47 Å². The maximum Gasteiger partial charge on any atom is 0.251 e. The largest absolute Gasteiger partial charge is 0.352 e. The highest BCUT2D eigenvalue weighted by molar-refractivity contribution is 5.94. The Morgan fingerprint density at radius 1 is 1.08 bits per heavy atom. The number of ether oxygens (including phenoxy) is 2. The van der Waals surface area contributed by atoms with E-state index < -0.39 is 11.7 Å². The molecular formula is C29H31FN6O3. The van der Waals surface area contributed by atoms with Gasteiger partial charge in [-0.05, 0) is 56.3 Å². The molecule has 0 saturated carbocycles. The lowest BCUT2D eigenvalue weighted by Gasteiger charge is -2.36. The molecule has 0 spiro atoms. The number of hydrogen-bond acceptors (Lipinski definition) is 7. The predicted octanol–water partition coefficient (Wildman–Crippen LogP) is 4.97. The molecule has 9 nitrogen and oxygen atoms in total. The number of amides is 1. The lowest BCUT2D eigenvalue weighted by molar-refractivity contribution is -0.231. The third kappa shape index (κ3) is 6.30. The van der Waals surface area contributed by atoms with Crippen LogP contribution in [0.3, 0.4) is 0 Å². The summed E-state index contributed by atoms with van der Waals surface area (Å²) in [5.41, 5.74) is 2.76. The van der Waals surface area contributed by atoms with Crippen LogP contribution < -0.4 is 10.6 Å². The van der Waals surface area contributed by atoms with Gasteiger partial charge in [0.1, 0.15) is 5.82 Å². The van der Waals surface area contributed by atoms with Crippen LogP contribution in [0.2, 0.25) is 0 Å². The molecule has 10 heteroatoms. The third-order valence-electron chi connectivity index (χ3n) is 6.27. The molecule has 0 bridgehead atoms. The lowest BCUT2D eigenvalue weighted by atomic mass is 9.92. The molecule has 39 heavy (non-hydrogen) atoms. The van der Waals surface area contributed by atoms with Crippen molar-refractivity contribution in [3.63, 3.8) is 0 Å². The lowest BCUT2D eigenvalue weighted by Crippen LogP contribution is -2.45. The molecular weight excluding hydrogens is 499 g/mol.